The van der Waals surface area contributed by atoms with Gasteiger partial charge in [-0.25, -0.2) is 4.99 Å². The lowest BCUT2D eigenvalue weighted by molar-refractivity contribution is -0.385. The van der Waals surface area contributed by atoms with Gasteiger partial charge in [-0.15, -0.1) is 0 Å². The average Bonchev–Trinajstić information content (AvgIpc) is 2.30. The quantitative estimate of drug-likeness (QED) is 0.306. The maximum Gasteiger partial charge on any atom is 0.313 e. The van der Waals surface area contributed by atoms with Crippen molar-refractivity contribution in [3.05, 3.63) is 28.3 Å². The molecule has 19 heavy (non-hydrogen) atoms. The maximum atomic E-state index is 10.9. The summed E-state index contributed by atoms with van der Waals surface area (Å²) < 4.78 is 5.13. The van der Waals surface area contributed by atoms with E-state index in [-0.39, 0.29) is 29.0 Å². The lowest BCUT2D eigenvalue weighted by atomic mass is 10.2. The summed E-state index contributed by atoms with van der Waals surface area (Å²) in [6.07, 6.45) is 0. The van der Waals surface area contributed by atoms with Crippen LogP contribution < -0.4 is 21.9 Å². The molecule has 0 saturated heterocycles. The van der Waals surface area contributed by atoms with Gasteiger partial charge in [0.2, 0.25) is 5.96 Å². The fourth-order valence-corrected chi connectivity index (χ4v) is 1.29. The number of hydrogen-bond donors (Lipinski definition) is 3. The van der Waals surface area contributed by atoms with Crippen LogP contribution in [0.2, 0.25) is 0 Å². The van der Waals surface area contributed by atoms with Crippen LogP contribution in [-0.2, 0) is 0 Å². The van der Waals surface area contributed by atoms with Crippen LogP contribution in [0.5, 0.6) is 5.75 Å². The normalized spacial score (nSPS) is 10.9. The molecule has 6 N–H and O–H groups in total. The monoisotopic (exact) mass is 266 g/mol. The van der Waals surface area contributed by atoms with E-state index < -0.39 is 4.92 Å². The second-order valence-corrected chi connectivity index (χ2v) is 3.35. The highest BCUT2D eigenvalue weighted by atomic mass is 16.6. The highest BCUT2D eigenvalue weighted by Crippen LogP contribution is 2.31. The van der Waals surface area contributed by atoms with Gasteiger partial charge in [-0.05, 0) is 19.1 Å². The molecule has 0 spiro atoms. The fraction of sp³-hybridized carbons (Fsp3) is 0.200. The Bertz CT molecular complexity index is 536. The van der Waals surface area contributed by atoms with Gasteiger partial charge < -0.3 is 21.9 Å². The Morgan fingerprint density at radius 3 is 2.63 bits per heavy atom. The Kier molecular flexibility index (Phi) is 4.63. The number of guanidine groups is 2. The molecule has 1 rings (SSSR count). The molecule has 0 aliphatic carbocycles. The molecular weight excluding hydrogens is 252 g/mol. The first-order valence-electron chi connectivity index (χ1n) is 5.29. The van der Waals surface area contributed by atoms with Crippen molar-refractivity contribution in [1.82, 2.24) is 0 Å². The summed E-state index contributed by atoms with van der Waals surface area (Å²) >= 11 is 0. The summed E-state index contributed by atoms with van der Waals surface area (Å²) in [5.41, 5.74) is 15.7. The van der Waals surface area contributed by atoms with Gasteiger partial charge in [-0.1, -0.05) is 0 Å². The van der Waals surface area contributed by atoms with E-state index in [4.69, 9.17) is 21.9 Å². The SMILES string of the molecule is CCOc1ccc(N=C(N)N=C(N)N)cc1[N+](=O)[O-]. The molecule has 0 aliphatic rings. The minimum atomic E-state index is -0.569. The molecule has 0 aliphatic heterocycles. The van der Waals surface area contributed by atoms with Gasteiger partial charge in [0, 0.05) is 6.07 Å². The molecule has 9 nitrogen and oxygen atoms in total. The summed E-state index contributed by atoms with van der Waals surface area (Å²) in [5, 5.41) is 10.9. The molecule has 0 unspecified atom stereocenters. The van der Waals surface area contributed by atoms with Crippen molar-refractivity contribution in [2.45, 2.75) is 6.92 Å². The van der Waals surface area contributed by atoms with Crippen LogP contribution in [0.4, 0.5) is 11.4 Å². The molecule has 102 valence electrons. The first-order valence-corrected chi connectivity index (χ1v) is 5.29. The first kappa shape index (κ1) is 14.2. The summed E-state index contributed by atoms with van der Waals surface area (Å²) in [6, 6.07) is 4.16. The zero-order valence-electron chi connectivity index (χ0n) is 10.2. The molecule has 0 amide bonds. The first-order chi connectivity index (χ1) is 8.93. The zero-order chi connectivity index (χ0) is 14.4. The van der Waals surface area contributed by atoms with Gasteiger partial charge in [0.05, 0.1) is 17.2 Å². The number of benzene rings is 1. The van der Waals surface area contributed by atoms with Gasteiger partial charge in [0.1, 0.15) is 0 Å². The summed E-state index contributed by atoms with van der Waals surface area (Å²) in [6.45, 7) is 2.05. The number of ether oxygens (including phenoxy) is 1. The molecule has 0 atom stereocenters. The molecule has 0 saturated carbocycles. The third kappa shape index (κ3) is 4.15. The largest absolute Gasteiger partial charge is 0.487 e. The van der Waals surface area contributed by atoms with Crippen molar-refractivity contribution in [2.75, 3.05) is 6.61 Å². The number of nitrogens with zero attached hydrogens (tertiary/aromatic N) is 3. The molecule has 9 heteroatoms. The van der Waals surface area contributed by atoms with Crippen molar-refractivity contribution in [1.29, 1.82) is 0 Å². The van der Waals surface area contributed by atoms with Crippen LogP contribution in [0, 0.1) is 10.1 Å². The predicted molar refractivity (Wildman–Crippen MR) is 71.4 cm³/mol. The van der Waals surface area contributed by atoms with Crippen molar-refractivity contribution in [3.63, 3.8) is 0 Å². The second-order valence-electron chi connectivity index (χ2n) is 3.35. The van der Waals surface area contributed by atoms with E-state index in [1.165, 1.54) is 18.2 Å². The van der Waals surface area contributed by atoms with E-state index in [1.54, 1.807) is 6.92 Å². The lowest BCUT2D eigenvalue weighted by Gasteiger charge is -2.04. The third-order valence-corrected chi connectivity index (χ3v) is 1.93. The van der Waals surface area contributed by atoms with Crippen LogP contribution >= 0.6 is 0 Å². The smallest absolute Gasteiger partial charge is 0.313 e. The van der Waals surface area contributed by atoms with E-state index >= 15 is 0 Å². The summed E-state index contributed by atoms with van der Waals surface area (Å²) in [7, 11) is 0. The molecular formula is C10H14N6O3. The highest BCUT2D eigenvalue weighted by molar-refractivity contribution is 5.93. The number of rotatable bonds is 4. The van der Waals surface area contributed by atoms with E-state index in [0.29, 0.717) is 6.61 Å². The molecule has 0 bridgehead atoms. The third-order valence-electron chi connectivity index (χ3n) is 1.93. The maximum absolute atomic E-state index is 10.9. The van der Waals surface area contributed by atoms with Crippen molar-refractivity contribution in [2.24, 2.45) is 27.2 Å². The number of nitro benzene ring substituents is 1. The lowest BCUT2D eigenvalue weighted by Crippen LogP contribution is -2.26. The van der Waals surface area contributed by atoms with Crippen LogP contribution in [0.1, 0.15) is 6.92 Å². The van der Waals surface area contributed by atoms with Crippen molar-refractivity contribution >= 4 is 23.3 Å². The Hall–Kier alpha value is -2.84. The van der Waals surface area contributed by atoms with Crippen LogP contribution in [0.3, 0.4) is 0 Å². The van der Waals surface area contributed by atoms with Crippen LogP contribution in [0.25, 0.3) is 0 Å². The van der Waals surface area contributed by atoms with Gasteiger partial charge >= 0.3 is 5.69 Å². The minimum Gasteiger partial charge on any atom is -0.487 e. The standard InChI is InChI=1S/C10H14N6O3/c1-2-19-8-4-3-6(5-7(8)16(17)18)14-10(13)15-9(11)12/h3-5H,2H2,1H3,(H6,11,12,13,14,15). The molecule has 0 aromatic heterocycles. The zero-order valence-corrected chi connectivity index (χ0v) is 10.2. The van der Waals surface area contributed by atoms with Gasteiger partial charge in [-0.2, -0.15) is 4.99 Å². The Labute approximate surface area is 108 Å². The van der Waals surface area contributed by atoms with Gasteiger partial charge in [0.15, 0.2) is 11.7 Å². The van der Waals surface area contributed by atoms with Crippen LogP contribution in [0.15, 0.2) is 28.2 Å². The van der Waals surface area contributed by atoms with Crippen molar-refractivity contribution in [3.8, 4) is 5.75 Å². The Morgan fingerprint density at radius 1 is 1.42 bits per heavy atom. The number of nitrogens with two attached hydrogens (primary N) is 3. The number of hydrogen-bond acceptors (Lipinski definition) is 4. The molecule has 0 heterocycles. The topological polar surface area (TPSA) is 155 Å². The van der Waals surface area contributed by atoms with E-state index in [2.05, 4.69) is 9.98 Å². The summed E-state index contributed by atoms with van der Waals surface area (Å²) in [4.78, 5) is 17.7. The molecule has 0 fully saturated rings. The molecule has 1 aromatic rings. The number of aliphatic imine (C=N–C) groups is 2. The predicted octanol–water partition coefficient (Wildman–Crippen LogP) is 0.213. The Balaban J connectivity index is 3.15. The van der Waals surface area contributed by atoms with Crippen molar-refractivity contribution < 1.29 is 9.66 Å². The average molecular weight is 266 g/mol. The van der Waals surface area contributed by atoms with E-state index in [9.17, 15) is 10.1 Å². The van der Waals surface area contributed by atoms with E-state index in [0.717, 1.165) is 0 Å². The molecule has 0 radical (unpaired) electrons. The minimum absolute atomic E-state index is 0.159. The highest BCUT2D eigenvalue weighted by Gasteiger charge is 2.15. The fourth-order valence-electron chi connectivity index (χ4n) is 1.29. The summed E-state index contributed by atoms with van der Waals surface area (Å²) in [5.74, 6) is -0.285. The second kappa shape index (κ2) is 6.19. The Morgan fingerprint density at radius 2 is 2.11 bits per heavy atom. The van der Waals surface area contributed by atoms with E-state index in [1.807, 2.05) is 0 Å². The van der Waals surface area contributed by atoms with Gasteiger partial charge in [0.25, 0.3) is 0 Å². The van der Waals surface area contributed by atoms with Gasteiger partial charge in [-0.3, -0.25) is 10.1 Å². The molecule has 1 aromatic carbocycles. The van der Waals surface area contributed by atoms with Crippen LogP contribution in [-0.4, -0.2) is 23.4 Å². The number of nitro groups is 1.